The summed E-state index contributed by atoms with van der Waals surface area (Å²) < 4.78 is 10.4. The minimum atomic E-state index is -0.478. The highest BCUT2D eigenvalue weighted by molar-refractivity contribution is 6.06. The molecule has 1 aromatic heterocycles. The molecule has 0 bridgehead atoms. The van der Waals surface area contributed by atoms with Crippen molar-refractivity contribution in [1.82, 2.24) is 4.98 Å². The number of carbonyl (C=O) groups is 3. The summed E-state index contributed by atoms with van der Waals surface area (Å²) in [6.45, 7) is 6.09. The Hall–Kier alpha value is -4.20. The maximum absolute atomic E-state index is 12.5. The number of nitrogens with zero attached hydrogens (tertiary/aromatic N) is 1. The second-order valence-corrected chi connectivity index (χ2v) is 6.99. The van der Waals surface area contributed by atoms with Crippen LogP contribution >= 0.6 is 0 Å². The summed E-state index contributed by atoms with van der Waals surface area (Å²) in [6, 6.07) is 16.6. The fourth-order valence-corrected chi connectivity index (χ4v) is 3.02. The monoisotopic (exact) mass is 447 g/mol. The van der Waals surface area contributed by atoms with Crippen molar-refractivity contribution in [3.63, 3.8) is 0 Å². The van der Waals surface area contributed by atoms with Crippen molar-refractivity contribution >= 4 is 29.2 Å². The molecular formula is C25H25N3O5. The highest BCUT2D eigenvalue weighted by Gasteiger charge is 2.15. The Morgan fingerprint density at radius 1 is 0.788 bits per heavy atom. The fourth-order valence-electron chi connectivity index (χ4n) is 3.02. The van der Waals surface area contributed by atoms with Crippen molar-refractivity contribution in [2.24, 2.45) is 0 Å². The van der Waals surface area contributed by atoms with Crippen molar-refractivity contribution in [3.05, 3.63) is 83.2 Å². The molecule has 2 aromatic carbocycles. The molecule has 2 N–H and O–H groups in total. The molecule has 0 aliphatic rings. The van der Waals surface area contributed by atoms with Gasteiger partial charge >= 0.3 is 5.97 Å². The van der Waals surface area contributed by atoms with E-state index in [0.29, 0.717) is 34.8 Å². The van der Waals surface area contributed by atoms with Crippen molar-refractivity contribution < 1.29 is 23.9 Å². The topological polar surface area (TPSA) is 107 Å². The van der Waals surface area contributed by atoms with Crippen LogP contribution in [-0.4, -0.2) is 36.0 Å². The van der Waals surface area contributed by atoms with Crippen molar-refractivity contribution in [2.45, 2.75) is 20.8 Å². The lowest BCUT2D eigenvalue weighted by molar-refractivity contribution is 0.0524. The normalized spacial score (nSPS) is 10.3. The van der Waals surface area contributed by atoms with Crippen LogP contribution < -0.4 is 15.4 Å². The third-order valence-electron chi connectivity index (χ3n) is 4.64. The van der Waals surface area contributed by atoms with Gasteiger partial charge in [-0.1, -0.05) is 0 Å². The molecule has 3 rings (SSSR count). The van der Waals surface area contributed by atoms with Gasteiger partial charge in [-0.05, 0) is 81.4 Å². The number of hydrogen-bond donors (Lipinski definition) is 2. The summed E-state index contributed by atoms with van der Waals surface area (Å²) in [7, 11) is 0. The van der Waals surface area contributed by atoms with Gasteiger partial charge in [0.05, 0.1) is 24.5 Å². The quantitative estimate of drug-likeness (QED) is 0.494. The van der Waals surface area contributed by atoms with E-state index in [-0.39, 0.29) is 18.2 Å². The van der Waals surface area contributed by atoms with Crippen LogP contribution in [0, 0.1) is 6.92 Å². The summed E-state index contributed by atoms with van der Waals surface area (Å²) in [5.74, 6) is -0.451. The molecule has 8 heteroatoms. The molecule has 0 fully saturated rings. The number of carbonyl (C=O) groups excluding carboxylic acids is 3. The zero-order chi connectivity index (χ0) is 23.8. The van der Waals surface area contributed by atoms with Gasteiger partial charge in [0.2, 0.25) is 0 Å². The Kier molecular flexibility index (Phi) is 7.75. The molecule has 8 nitrogen and oxygen atoms in total. The van der Waals surface area contributed by atoms with Crippen LogP contribution in [0.15, 0.2) is 60.7 Å². The number of anilines is 2. The van der Waals surface area contributed by atoms with Gasteiger partial charge in [-0.25, -0.2) is 9.78 Å². The fraction of sp³-hybridized carbons (Fsp3) is 0.200. The second-order valence-electron chi connectivity index (χ2n) is 6.99. The average molecular weight is 447 g/mol. The summed E-state index contributed by atoms with van der Waals surface area (Å²) in [4.78, 5) is 41.1. The van der Waals surface area contributed by atoms with E-state index < -0.39 is 11.9 Å². The van der Waals surface area contributed by atoms with E-state index in [4.69, 9.17) is 9.47 Å². The first-order valence-electron chi connectivity index (χ1n) is 10.5. The van der Waals surface area contributed by atoms with Crippen molar-refractivity contribution in [1.29, 1.82) is 0 Å². The van der Waals surface area contributed by atoms with Crippen LogP contribution in [0.1, 0.15) is 50.7 Å². The lowest BCUT2D eigenvalue weighted by Crippen LogP contribution is -2.16. The van der Waals surface area contributed by atoms with Gasteiger partial charge in [-0.3, -0.25) is 9.59 Å². The van der Waals surface area contributed by atoms with Gasteiger partial charge in [-0.15, -0.1) is 0 Å². The zero-order valence-electron chi connectivity index (χ0n) is 18.7. The van der Waals surface area contributed by atoms with Gasteiger partial charge in [-0.2, -0.15) is 0 Å². The number of hydrogen-bond acceptors (Lipinski definition) is 6. The number of pyridine rings is 1. The molecular weight excluding hydrogens is 422 g/mol. The number of aryl methyl sites for hydroxylation is 1. The number of nitrogens with one attached hydrogen (secondary N) is 2. The maximum atomic E-state index is 12.5. The minimum absolute atomic E-state index is 0.165. The van der Waals surface area contributed by atoms with Crippen molar-refractivity contribution in [2.75, 3.05) is 23.8 Å². The van der Waals surface area contributed by atoms with Gasteiger partial charge in [0.1, 0.15) is 11.4 Å². The highest BCUT2D eigenvalue weighted by Crippen LogP contribution is 2.18. The Morgan fingerprint density at radius 2 is 1.39 bits per heavy atom. The van der Waals surface area contributed by atoms with Crippen LogP contribution in [0.25, 0.3) is 0 Å². The number of esters is 1. The molecule has 0 unspecified atom stereocenters. The molecule has 0 aliphatic heterocycles. The number of rotatable bonds is 8. The molecule has 2 amide bonds. The Labute approximate surface area is 191 Å². The summed E-state index contributed by atoms with van der Waals surface area (Å²) >= 11 is 0. The number of benzene rings is 2. The standard InChI is InChI=1S/C25H25N3O5/c1-4-32-20-12-10-19(11-13-20)27-23(29)17-6-8-18(9-7-17)28-24(30)22-15-14-21(16(3)26-22)25(31)33-5-2/h6-15H,4-5H2,1-3H3,(H,27,29)(H,28,30). The predicted octanol–water partition coefficient (Wildman–Crippen LogP) is 4.47. The van der Waals surface area contributed by atoms with E-state index in [1.807, 2.05) is 6.92 Å². The van der Waals surface area contributed by atoms with Crippen molar-refractivity contribution in [3.8, 4) is 5.75 Å². The van der Waals surface area contributed by atoms with Crippen LogP contribution in [-0.2, 0) is 4.74 Å². The van der Waals surface area contributed by atoms with Crippen LogP contribution in [0.3, 0.4) is 0 Å². The first-order valence-corrected chi connectivity index (χ1v) is 10.5. The third kappa shape index (κ3) is 6.16. The summed E-state index contributed by atoms with van der Waals surface area (Å²) in [5, 5.41) is 5.54. The minimum Gasteiger partial charge on any atom is -0.494 e. The first-order chi connectivity index (χ1) is 15.9. The van der Waals surface area contributed by atoms with Crippen LogP contribution in [0.2, 0.25) is 0 Å². The molecule has 33 heavy (non-hydrogen) atoms. The Morgan fingerprint density at radius 3 is 1.97 bits per heavy atom. The van der Waals surface area contributed by atoms with E-state index >= 15 is 0 Å². The molecule has 0 saturated carbocycles. The third-order valence-corrected chi connectivity index (χ3v) is 4.64. The van der Waals surface area contributed by atoms with Gasteiger partial charge in [0.25, 0.3) is 11.8 Å². The van der Waals surface area contributed by atoms with E-state index in [1.54, 1.807) is 62.4 Å². The van der Waals surface area contributed by atoms with Gasteiger partial charge in [0, 0.05) is 16.9 Å². The SMILES string of the molecule is CCOC(=O)c1ccc(C(=O)Nc2ccc(C(=O)Nc3ccc(OCC)cc3)cc2)nc1C. The molecule has 170 valence electrons. The number of ether oxygens (including phenoxy) is 2. The number of amides is 2. The molecule has 0 saturated heterocycles. The lowest BCUT2D eigenvalue weighted by Gasteiger charge is -2.09. The second kappa shape index (κ2) is 10.9. The Balaban J connectivity index is 1.61. The molecule has 0 spiro atoms. The average Bonchev–Trinajstić information content (AvgIpc) is 2.81. The zero-order valence-corrected chi connectivity index (χ0v) is 18.7. The molecule has 0 atom stereocenters. The molecule has 3 aromatic rings. The molecule has 1 heterocycles. The predicted molar refractivity (Wildman–Crippen MR) is 125 cm³/mol. The van der Waals surface area contributed by atoms with E-state index in [1.165, 1.54) is 12.1 Å². The van der Waals surface area contributed by atoms with Crippen LogP contribution in [0.4, 0.5) is 11.4 Å². The smallest absolute Gasteiger partial charge is 0.339 e. The molecule has 0 radical (unpaired) electrons. The lowest BCUT2D eigenvalue weighted by atomic mass is 10.1. The number of aromatic nitrogens is 1. The van der Waals surface area contributed by atoms with E-state index in [9.17, 15) is 14.4 Å². The van der Waals surface area contributed by atoms with Gasteiger partial charge < -0.3 is 20.1 Å². The van der Waals surface area contributed by atoms with E-state index in [2.05, 4.69) is 15.6 Å². The largest absolute Gasteiger partial charge is 0.494 e. The summed E-state index contributed by atoms with van der Waals surface area (Å²) in [6.07, 6.45) is 0. The summed E-state index contributed by atoms with van der Waals surface area (Å²) in [5.41, 5.74) is 2.48. The van der Waals surface area contributed by atoms with E-state index in [0.717, 1.165) is 5.75 Å². The maximum Gasteiger partial charge on any atom is 0.339 e. The Bertz CT molecular complexity index is 1140. The first kappa shape index (κ1) is 23.5. The van der Waals surface area contributed by atoms with Crippen LogP contribution in [0.5, 0.6) is 5.75 Å². The molecule has 0 aliphatic carbocycles. The van der Waals surface area contributed by atoms with Gasteiger partial charge in [0.15, 0.2) is 0 Å². The highest BCUT2D eigenvalue weighted by atomic mass is 16.5.